The van der Waals surface area contributed by atoms with Gasteiger partial charge in [-0.3, -0.25) is 0 Å². The van der Waals surface area contributed by atoms with Crippen LogP contribution < -0.4 is 5.32 Å². The fourth-order valence-electron chi connectivity index (χ4n) is 2.65. The van der Waals surface area contributed by atoms with E-state index in [1.54, 1.807) is 0 Å². The van der Waals surface area contributed by atoms with Gasteiger partial charge in [-0.1, -0.05) is 52.4 Å². The van der Waals surface area contributed by atoms with Crippen molar-refractivity contribution in [2.75, 3.05) is 6.54 Å². The fraction of sp³-hybridized carbons (Fsp3) is 1.00. The maximum Gasteiger partial charge on any atom is 0.00696 e. The molecule has 0 radical (unpaired) electrons. The summed E-state index contributed by atoms with van der Waals surface area (Å²) in [6, 6.07) is 0.833. The van der Waals surface area contributed by atoms with Gasteiger partial charge in [-0.15, -0.1) is 0 Å². The van der Waals surface area contributed by atoms with Crippen LogP contribution in [0.5, 0.6) is 0 Å². The highest BCUT2D eigenvalue weighted by atomic mass is 14.9. The number of rotatable bonds is 7. The SMILES string of the molecule is CCCCCCC(C)CC1CCCCN1. The largest absolute Gasteiger partial charge is 0.314 e. The highest BCUT2D eigenvalue weighted by Crippen LogP contribution is 2.19. The van der Waals surface area contributed by atoms with Crippen molar-refractivity contribution in [1.29, 1.82) is 0 Å². The Morgan fingerprint density at radius 3 is 2.73 bits per heavy atom. The molecule has 0 aromatic heterocycles. The molecule has 15 heavy (non-hydrogen) atoms. The van der Waals surface area contributed by atoms with Gasteiger partial charge in [0.2, 0.25) is 0 Å². The molecule has 1 N–H and O–H groups in total. The first-order valence-electron chi connectivity index (χ1n) is 7.06. The third-order valence-electron chi connectivity index (χ3n) is 3.65. The van der Waals surface area contributed by atoms with E-state index in [1.165, 1.54) is 64.3 Å². The van der Waals surface area contributed by atoms with Gasteiger partial charge >= 0.3 is 0 Å². The molecular weight excluding hydrogens is 182 g/mol. The zero-order chi connectivity index (χ0) is 10.9. The van der Waals surface area contributed by atoms with Gasteiger partial charge in [-0.05, 0) is 31.7 Å². The molecule has 0 bridgehead atoms. The van der Waals surface area contributed by atoms with E-state index in [0.29, 0.717) is 0 Å². The quantitative estimate of drug-likeness (QED) is 0.624. The van der Waals surface area contributed by atoms with E-state index >= 15 is 0 Å². The van der Waals surface area contributed by atoms with Gasteiger partial charge in [0.25, 0.3) is 0 Å². The van der Waals surface area contributed by atoms with Crippen molar-refractivity contribution in [2.45, 2.75) is 77.7 Å². The lowest BCUT2D eigenvalue weighted by atomic mass is 9.91. The van der Waals surface area contributed by atoms with Crippen molar-refractivity contribution in [3.63, 3.8) is 0 Å². The van der Waals surface area contributed by atoms with Gasteiger partial charge in [-0.25, -0.2) is 0 Å². The molecule has 0 saturated carbocycles. The number of nitrogens with one attached hydrogen (secondary N) is 1. The number of hydrogen-bond acceptors (Lipinski definition) is 1. The topological polar surface area (TPSA) is 12.0 Å². The van der Waals surface area contributed by atoms with Crippen LogP contribution in [0.25, 0.3) is 0 Å². The second kappa shape index (κ2) is 8.15. The van der Waals surface area contributed by atoms with Gasteiger partial charge in [0, 0.05) is 6.04 Å². The molecule has 0 spiro atoms. The Balaban J connectivity index is 1.98. The molecule has 1 saturated heterocycles. The third kappa shape index (κ3) is 6.19. The van der Waals surface area contributed by atoms with Crippen molar-refractivity contribution in [3.8, 4) is 0 Å². The van der Waals surface area contributed by atoms with Crippen molar-refractivity contribution in [3.05, 3.63) is 0 Å². The lowest BCUT2D eigenvalue weighted by Gasteiger charge is -2.26. The fourth-order valence-corrected chi connectivity index (χ4v) is 2.65. The summed E-state index contributed by atoms with van der Waals surface area (Å²) in [6.07, 6.45) is 12.8. The molecule has 1 aliphatic rings. The summed E-state index contributed by atoms with van der Waals surface area (Å²) in [5, 5.41) is 3.65. The van der Waals surface area contributed by atoms with Crippen LogP contribution in [-0.4, -0.2) is 12.6 Å². The highest BCUT2D eigenvalue weighted by molar-refractivity contribution is 4.74. The van der Waals surface area contributed by atoms with Gasteiger partial charge in [0.15, 0.2) is 0 Å². The second-order valence-electron chi connectivity index (χ2n) is 5.34. The molecule has 1 nitrogen and oxygen atoms in total. The van der Waals surface area contributed by atoms with Crippen LogP contribution in [0.2, 0.25) is 0 Å². The molecule has 1 heterocycles. The van der Waals surface area contributed by atoms with Crippen LogP contribution >= 0.6 is 0 Å². The minimum absolute atomic E-state index is 0.833. The Morgan fingerprint density at radius 1 is 1.20 bits per heavy atom. The molecule has 90 valence electrons. The van der Waals surface area contributed by atoms with E-state index < -0.39 is 0 Å². The highest BCUT2D eigenvalue weighted by Gasteiger charge is 2.15. The van der Waals surface area contributed by atoms with Crippen molar-refractivity contribution >= 4 is 0 Å². The summed E-state index contributed by atoms with van der Waals surface area (Å²) >= 11 is 0. The Bertz CT molecular complexity index is 138. The standard InChI is InChI=1S/C14H29N/c1-3-4-5-6-9-13(2)12-14-10-7-8-11-15-14/h13-15H,3-12H2,1-2H3. The molecule has 1 heteroatoms. The van der Waals surface area contributed by atoms with Crippen LogP contribution in [0.3, 0.4) is 0 Å². The van der Waals surface area contributed by atoms with Gasteiger partial charge in [0.05, 0.1) is 0 Å². The van der Waals surface area contributed by atoms with Crippen LogP contribution in [0, 0.1) is 5.92 Å². The van der Waals surface area contributed by atoms with Crippen molar-refractivity contribution in [1.82, 2.24) is 5.32 Å². The third-order valence-corrected chi connectivity index (χ3v) is 3.65. The summed E-state index contributed by atoms with van der Waals surface area (Å²) < 4.78 is 0. The maximum atomic E-state index is 3.65. The average molecular weight is 211 g/mol. The maximum absolute atomic E-state index is 3.65. The number of unbranched alkanes of at least 4 members (excludes halogenated alkanes) is 3. The van der Waals surface area contributed by atoms with Crippen LogP contribution in [0.4, 0.5) is 0 Å². The summed E-state index contributed by atoms with van der Waals surface area (Å²) in [5.41, 5.74) is 0. The Labute approximate surface area is 96.0 Å². The zero-order valence-corrected chi connectivity index (χ0v) is 10.7. The van der Waals surface area contributed by atoms with Crippen LogP contribution in [-0.2, 0) is 0 Å². The summed E-state index contributed by atoms with van der Waals surface area (Å²) in [7, 11) is 0. The van der Waals surface area contributed by atoms with Gasteiger partial charge in [-0.2, -0.15) is 0 Å². The first kappa shape index (κ1) is 13.0. The molecule has 2 unspecified atom stereocenters. The van der Waals surface area contributed by atoms with E-state index in [1.807, 2.05) is 0 Å². The minimum atomic E-state index is 0.833. The number of piperidine rings is 1. The molecule has 0 amide bonds. The summed E-state index contributed by atoms with van der Waals surface area (Å²) in [6.45, 7) is 5.98. The van der Waals surface area contributed by atoms with Crippen LogP contribution in [0.1, 0.15) is 71.6 Å². The molecule has 2 atom stereocenters. The van der Waals surface area contributed by atoms with E-state index in [-0.39, 0.29) is 0 Å². The number of hydrogen-bond donors (Lipinski definition) is 1. The zero-order valence-electron chi connectivity index (χ0n) is 10.7. The van der Waals surface area contributed by atoms with E-state index in [4.69, 9.17) is 0 Å². The molecular formula is C14H29N. The van der Waals surface area contributed by atoms with Gasteiger partial charge < -0.3 is 5.32 Å². The normalized spacial score (nSPS) is 24.0. The van der Waals surface area contributed by atoms with Crippen LogP contribution in [0.15, 0.2) is 0 Å². The molecule has 1 rings (SSSR count). The average Bonchev–Trinajstić information content (AvgIpc) is 2.26. The Morgan fingerprint density at radius 2 is 2.07 bits per heavy atom. The Hall–Kier alpha value is -0.0400. The first-order valence-corrected chi connectivity index (χ1v) is 7.06. The smallest absolute Gasteiger partial charge is 0.00696 e. The minimum Gasteiger partial charge on any atom is -0.314 e. The molecule has 1 fully saturated rings. The monoisotopic (exact) mass is 211 g/mol. The summed E-state index contributed by atoms with van der Waals surface area (Å²) in [5.74, 6) is 0.928. The van der Waals surface area contributed by atoms with Crippen molar-refractivity contribution in [2.24, 2.45) is 5.92 Å². The molecule has 0 aromatic rings. The van der Waals surface area contributed by atoms with E-state index in [2.05, 4.69) is 19.2 Å². The van der Waals surface area contributed by atoms with Gasteiger partial charge in [0.1, 0.15) is 0 Å². The van der Waals surface area contributed by atoms with E-state index in [9.17, 15) is 0 Å². The lowest BCUT2D eigenvalue weighted by Crippen LogP contribution is -2.35. The molecule has 0 aliphatic carbocycles. The first-order chi connectivity index (χ1) is 7.33. The molecule has 1 aliphatic heterocycles. The van der Waals surface area contributed by atoms with Crippen molar-refractivity contribution < 1.29 is 0 Å². The molecule has 0 aromatic carbocycles. The lowest BCUT2D eigenvalue weighted by molar-refractivity contribution is 0.324. The Kier molecular flexibility index (Phi) is 7.08. The second-order valence-corrected chi connectivity index (χ2v) is 5.34. The van der Waals surface area contributed by atoms with E-state index in [0.717, 1.165) is 12.0 Å². The predicted molar refractivity (Wildman–Crippen MR) is 68.2 cm³/mol. The predicted octanol–water partition coefficient (Wildman–Crippen LogP) is 4.13. The summed E-state index contributed by atoms with van der Waals surface area (Å²) in [4.78, 5) is 0.